The van der Waals surface area contributed by atoms with Gasteiger partial charge in [-0.2, -0.15) is 0 Å². The second kappa shape index (κ2) is 12.9. The Morgan fingerprint density at radius 2 is 1.90 bits per heavy atom. The summed E-state index contributed by atoms with van der Waals surface area (Å²) >= 11 is 0. The molecule has 0 aromatic heterocycles. The maximum absolute atomic E-state index is 12.9. The Balaban J connectivity index is 1.76. The van der Waals surface area contributed by atoms with Crippen molar-refractivity contribution in [3.05, 3.63) is 36.1 Å². The van der Waals surface area contributed by atoms with Crippen LogP contribution in [0.2, 0.25) is 0 Å². The van der Waals surface area contributed by atoms with E-state index in [1.807, 2.05) is 6.92 Å². The Morgan fingerprint density at radius 1 is 1.21 bits per heavy atom. The van der Waals surface area contributed by atoms with E-state index in [-0.39, 0.29) is 17.9 Å². The zero-order chi connectivity index (χ0) is 29.1. The molecule has 12 heteroatoms. The number of fused-ring (bicyclic) bond motifs is 1. The van der Waals surface area contributed by atoms with Gasteiger partial charge in [-0.05, 0) is 33.1 Å². The number of ether oxygens (including phenoxy) is 5. The van der Waals surface area contributed by atoms with Gasteiger partial charge in [0.2, 0.25) is 6.29 Å². The lowest BCUT2D eigenvalue weighted by molar-refractivity contribution is -0.342. The van der Waals surface area contributed by atoms with Crippen molar-refractivity contribution in [2.24, 2.45) is 17.8 Å². The Hall–Kier alpha value is -2.32. The van der Waals surface area contributed by atoms with Crippen molar-refractivity contribution in [1.29, 1.82) is 0 Å². The van der Waals surface area contributed by atoms with Crippen LogP contribution in [0.4, 0.5) is 0 Å². The highest BCUT2D eigenvalue weighted by molar-refractivity contribution is 5.89. The van der Waals surface area contributed by atoms with Crippen molar-refractivity contribution < 1.29 is 58.8 Å². The molecule has 12 nitrogen and oxygen atoms in total. The zero-order valence-electron chi connectivity index (χ0n) is 22.6. The molecule has 3 rings (SSSR count). The van der Waals surface area contributed by atoms with Crippen LogP contribution in [-0.4, -0.2) is 99.9 Å². The average molecular weight is 557 g/mol. The summed E-state index contributed by atoms with van der Waals surface area (Å²) in [5.74, 6) is -2.56. The predicted octanol–water partition coefficient (Wildman–Crippen LogP) is 0.0636. The van der Waals surface area contributed by atoms with Crippen molar-refractivity contribution in [2.75, 3.05) is 13.7 Å². The minimum absolute atomic E-state index is 0.237. The monoisotopic (exact) mass is 556 g/mol. The molecule has 1 saturated heterocycles. The van der Waals surface area contributed by atoms with Crippen LogP contribution in [0.5, 0.6) is 0 Å². The molecule has 5 N–H and O–H groups in total. The van der Waals surface area contributed by atoms with E-state index >= 15 is 0 Å². The van der Waals surface area contributed by atoms with Gasteiger partial charge >= 0.3 is 11.9 Å². The lowest BCUT2D eigenvalue weighted by Gasteiger charge is -2.43. The summed E-state index contributed by atoms with van der Waals surface area (Å²) < 4.78 is 27.8. The smallest absolute Gasteiger partial charge is 0.337 e. The summed E-state index contributed by atoms with van der Waals surface area (Å²) in [5.41, 5.74) is -0.449. The molecule has 0 aromatic rings. The average Bonchev–Trinajstić information content (AvgIpc) is 3.24. The Bertz CT molecular complexity index is 956. The number of esters is 2. The summed E-state index contributed by atoms with van der Waals surface area (Å²) in [6, 6.07) is 0. The lowest BCUT2D eigenvalue weighted by Crippen LogP contribution is -2.60. The summed E-state index contributed by atoms with van der Waals surface area (Å²) in [4.78, 5) is 25.3. The number of methoxy groups -OCH3 is 1. The third kappa shape index (κ3) is 6.88. The predicted molar refractivity (Wildman–Crippen MR) is 134 cm³/mol. The minimum atomic E-state index is -1.64. The first-order chi connectivity index (χ1) is 18.3. The van der Waals surface area contributed by atoms with Crippen LogP contribution < -0.4 is 0 Å². The number of aliphatic hydroxyl groups is 5. The highest BCUT2D eigenvalue weighted by Crippen LogP contribution is 2.48. The van der Waals surface area contributed by atoms with Gasteiger partial charge in [0.1, 0.15) is 30.5 Å². The quantitative estimate of drug-likeness (QED) is 0.139. The maximum atomic E-state index is 12.9. The van der Waals surface area contributed by atoms with Crippen molar-refractivity contribution in [1.82, 2.24) is 0 Å². The second-order valence-electron chi connectivity index (χ2n) is 10.6. The Morgan fingerprint density at radius 3 is 2.51 bits per heavy atom. The SMILES string of the molecule is C=CC(C)(O)CC/C=C(\C)C(=O)O[C@H]1C[C@@H]2C(C(=O)OC)=CO[C@@H](O[C@@H]3O[C@H](CO)[C@@H](O)[C@H](O)[C@H]3O)[C@@H]2[C@H]1C. The van der Waals surface area contributed by atoms with Crippen LogP contribution in [0.3, 0.4) is 0 Å². The molecular formula is C27H40O12. The van der Waals surface area contributed by atoms with E-state index in [4.69, 9.17) is 23.7 Å². The van der Waals surface area contributed by atoms with Gasteiger partial charge in [-0.1, -0.05) is 19.1 Å². The number of aliphatic hydroxyl groups excluding tert-OH is 4. The van der Waals surface area contributed by atoms with Crippen molar-refractivity contribution in [3.8, 4) is 0 Å². The molecule has 39 heavy (non-hydrogen) atoms. The molecule has 1 aliphatic carbocycles. The highest BCUT2D eigenvalue weighted by Gasteiger charge is 2.54. The topological polar surface area (TPSA) is 181 Å². The number of hydrogen-bond donors (Lipinski definition) is 5. The van der Waals surface area contributed by atoms with E-state index in [1.165, 1.54) is 19.4 Å². The van der Waals surface area contributed by atoms with Crippen LogP contribution in [0.25, 0.3) is 0 Å². The Labute approximate surface area is 227 Å². The van der Waals surface area contributed by atoms with Gasteiger partial charge in [0.15, 0.2) is 6.29 Å². The molecule has 0 bridgehead atoms. The number of allylic oxidation sites excluding steroid dienone is 1. The fourth-order valence-corrected chi connectivity index (χ4v) is 5.23. The van der Waals surface area contributed by atoms with E-state index < -0.39 is 79.1 Å². The molecule has 0 aromatic carbocycles. The molecule has 0 spiro atoms. The summed E-state index contributed by atoms with van der Waals surface area (Å²) in [5, 5.41) is 50.2. The van der Waals surface area contributed by atoms with Crippen LogP contribution in [0, 0.1) is 17.8 Å². The van der Waals surface area contributed by atoms with Gasteiger partial charge < -0.3 is 49.2 Å². The van der Waals surface area contributed by atoms with E-state index in [1.54, 1.807) is 19.9 Å². The fraction of sp³-hybridized carbons (Fsp3) is 0.704. The minimum Gasteiger partial charge on any atom is -0.472 e. The number of carbonyl (C=O) groups excluding carboxylic acids is 2. The molecule has 2 aliphatic heterocycles. The van der Waals surface area contributed by atoms with E-state index in [9.17, 15) is 35.1 Å². The first kappa shape index (κ1) is 31.2. The van der Waals surface area contributed by atoms with Gasteiger partial charge in [-0.3, -0.25) is 0 Å². The van der Waals surface area contributed by atoms with Gasteiger partial charge in [0.05, 0.1) is 31.2 Å². The summed E-state index contributed by atoms with van der Waals surface area (Å²) in [7, 11) is 1.24. The van der Waals surface area contributed by atoms with E-state index in [2.05, 4.69) is 6.58 Å². The molecule has 1 saturated carbocycles. The molecule has 220 valence electrons. The van der Waals surface area contributed by atoms with Gasteiger partial charge in [0.25, 0.3) is 0 Å². The third-order valence-corrected chi connectivity index (χ3v) is 7.85. The number of carbonyl (C=O) groups is 2. The molecule has 11 atom stereocenters. The van der Waals surface area contributed by atoms with Gasteiger partial charge in [0, 0.05) is 23.3 Å². The number of rotatable bonds is 10. The van der Waals surface area contributed by atoms with Crippen molar-refractivity contribution in [3.63, 3.8) is 0 Å². The lowest BCUT2D eigenvalue weighted by atomic mass is 9.83. The molecule has 2 heterocycles. The first-order valence-corrected chi connectivity index (χ1v) is 13.0. The molecule has 2 fully saturated rings. The molecular weight excluding hydrogens is 516 g/mol. The van der Waals surface area contributed by atoms with Crippen LogP contribution >= 0.6 is 0 Å². The molecule has 1 unspecified atom stereocenters. The van der Waals surface area contributed by atoms with Gasteiger partial charge in [-0.25, -0.2) is 9.59 Å². The third-order valence-electron chi connectivity index (χ3n) is 7.85. The first-order valence-electron chi connectivity index (χ1n) is 13.0. The largest absolute Gasteiger partial charge is 0.472 e. The second-order valence-corrected chi connectivity index (χ2v) is 10.6. The standard InChI is InChI=1S/C27H40O12/c1-6-27(4,34)9-7-8-13(2)23(32)37-17-10-15-16(24(33)35-5)12-36-25(19(15)14(17)3)39-26-22(31)21(30)20(29)18(11-28)38-26/h6,8,12,14-15,17-22,25-26,28-31,34H,1,7,9-11H2,2-5H3/b13-8+/t14-,15+,17-,18+,19+,20+,21-,22+,25-,26-,27?/m0/s1. The Kier molecular flexibility index (Phi) is 10.3. The maximum Gasteiger partial charge on any atom is 0.337 e. The van der Waals surface area contributed by atoms with Gasteiger partial charge in [-0.15, -0.1) is 6.58 Å². The van der Waals surface area contributed by atoms with E-state index in [0.29, 0.717) is 18.4 Å². The fourth-order valence-electron chi connectivity index (χ4n) is 5.23. The van der Waals surface area contributed by atoms with Crippen molar-refractivity contribution >= 4 is 11.9 Å². The molecule has 0 amide bonds. The number of hydrogen-bond acceptors (Lipinski definition) is 12. The normalized spacial score (nSPS) is 38.1. The van der Waals surface area contributed by atoms with Crippen LogP contribution in [-0.2, 0) is 33.3 Å². The highest BCUT2D eigenvalue weighted by atomic mass is 16.8. The van der Waals surface area contributed by atoms with Crippen molar-refractivity contribution in [2.45, 2.75) is 88.7 Å². The molecule has 0 radical (unpaired) electrons. The van der Waals surface area contributed by atoms with Crippen LogP contribution in [0.15, 0.2) is 36.1 Å². The van der Waals surface area contributed by atoms with E-state index in [0.717, 1.165) is 0 Å². The summed E-state index contributed by atoms with van der Waals surface area (Å²) in [6.45, 7) is 8.02. The zero-order valence-corrected chi connectivity index (χ0v) is 22.6. The van der Waals surface area contributed by atoms with Crippen LogP contribution in [0.1, 0.15) is 40.0 Å². The summed E-state index contributed by atoms with van der Waals surface area (Å²) in [6.07, 6.45) is -3.75. The molecule has 3 aliphatic rings.